The molecule has 208 valence electrons. The number of piperazine rings is 1. The molecule has 1 atom stereocenters. The number of amides is 2. The SMILES string of the molecule is CCC(=O)N(Cc1cccn1Cc1nc(C(=O)N2CCN(c3ccc(OC)cc3)CC2)co1)CC1CCCO1. The fraction of sp³-hybridized carbons (Fsp3) is 0.483. The van der Waals surface area contributed by atoms with Gasteiger partial charge in [0.15, 0.2) is 5.69 Å². The van der Waals surface area contributed by atoms with Crippen LogP contribution in [0.3, 0.4) is 0 Å². The van der Waals surface area contributed by atoms with Crippen molar-refractivity contribution in [2.45, 2.75) is 45.4 Å². The normalized spacial score (nSPS) is 17.4. The Balaban J connectivity index is 1.17. The Hall–Kier alpha value is -3.79. The quantitative estimate of drug-likeness (QED) is 0.393. The second-order valence-corrected chi connectivity index (χ2v) is 9.99. The Morgan fingerprint density at radius 1 is 1.13 bits per heavy atom. The van der Waals surface area contributed by atoms with Crippen LogP contribution in [0.4, 0.5) is 5.69 Å². The topological polar surface area (TPSA) is 93.3 Å². The number of benzene rings is 1. The molecule has 1 aromatic carbocycles. The maximum atomic E-state index is 13.1. The number of anilines is 1. The van der Waals surface area contributed by atoms with Crippen molar-refractivity contribution in [1.82, 2.24) is 19.4 Å². The summed E-state index contributed by atoms with van der Waals surface area (Å²) in [7, 11) is 1.66. The van der Waals surface area contributed by atoms with Gasteiger partial charge in [0.2, 0.25) is 11.8 Å². The monoisotopic (exact) mass is 535 g/mol. The predicted molar refractivity (Wildman–Crippen MR) is 146 cm³/mol. The van der Waals surface area contributed by atoms with E-state index in [0.717, 1.165) is 49.7 Å². The first-order chi connectivity index (χ1) is 19.0. The Kier molecular flexibility index (Phi) is 8.51. The minimum absolute atomic E-state index is 0.0993. The van der Waals surface area contributed by atoms with Gasteiger partial charge in [-0.25, -0.2) is 4.98 Å². The van der Waals surface area contributed by atoms with E-state index in [2.05, 4.69) is 9.88 Å². The molecular weight excluding hydrogens is 498 g/mol. The van der Waals surface area contributed by atoms with Crippen molar-refractivity contribution in [3.8, 4) is 5.75 Å². The summed E-state index contributed by atoms with van der Waals surface area (Å²) in [6.45, 7) is 6.83. The molecule has 2 saturated heterocycles. The van der Waals surface area contributed by atoms with Gasteiger partial charge in [-0.15, -0.1) is 0 Å². The molecule has 2 aliphatic heterocycles. The Morgan fingerprint density at radius 3 is 2.62 bits per heavy atom. The largest absolute Gasteiger partial charge is 0.497 e. The van der Waals surface area contributed by atoms with Gasteiger partial charge in [-0.2, -0.15) is 0 Å². The number of oxazole rings is 1. The molecule has 2 fully saturated rings. The molecule has 10 nitrogen and oxygen atoms in total. The van der Waals surface area contributed by atoms with Gasteiger partial charge in [-0.05, 0) is 49.2 Å². The van der Waals surface area contributed by atoms with E-state index in [1.54, 1.807) is 7.11 Å². The molecule has 5 rings (SSSR count). The second-order valence-electron chi connectivity index (χ2n) is 9.99. The third-order valence-electron chi connectivity index (χ3n) is 7.46. The number of ether oxygens (including phenoxy) is 2. The fourth-order valence-corrected chi connectivity index (χ4v) is 5.21. The lowest BCUT2D eigenvalue weighted by Gasteiger charge is -2.35. The Morgan fingerprint density at radius 2 is 1.92 bits per heavy atom. The summed E-state index contributed by atoms with van der Waals surface area (Å²) in [5.74, 6) is 1.27. The van der Waals surface area contributed by atoms with E-state index in [4.69, 9.17) is 13.9 Å². The highest BCUT2D eigenvalue weighted by Gasteiger charge is 2.26. The number of hydrogen-bond acceptors (Lipinski definition) is 7. The van der Waals surface area contributed by atoms with Crippen molar-refractivity contribution in [3.05, 3.63) is 66.1 Å². The summed E-state index contributed by atoms with van der Waals surface area (Å²) >= 11 is 0. The molecule has 4 heterocycles. The Bertz CT molecular complexity index is 1240. The number of aromatic nitrogens is 2. The highest BCUT2D eigenvalue weighted by atomic mass is 16.5. The van der Waals surface area contributed by atoms with Crippen LogP contribution >= 0.6 is 0 Å². The van der Waals surface area contributed by atoms with E-state index in [1.807, 2.05) is 63.9 Å². The van der Waals surface area contributed by atoms with Gasteiger partial charge in [-0.1, -0.05) is 6.92 Å². The minimum Gasteiger partial charge on any atom is -0.497 e. The predicted octanol–water partition coefficient (Wildman–Crippen LogP) is 3.41. The zero-order chi connectivity index (χ0) is 27.2. The highest BCUT2D eigenvalue weighted by Crippen LogP contribution is 2.21. The first-order valence-electron chi connectivity index (χ1n) is 13.7. The first kappa shape index (κ1) is 26.8. The van der Waals surface area contributed by atoms with Crippen LogP contribution in [-0.4, -0.2) is 83.7 Å². The van der Waals surface area contributed by atoms with Gasteiger partial charge in [0.25, 0.3) is 5.91 Å². The van der Waals surface area contributed by atoms with Crippen LogP contribution < -0.4 is 9.64 Å². The second kappa shape index (κ2) is 12.4. The van der Waals surface area contributed by atoms with Crippen LogP contribution in [0, 0.1) is 0 Å². The average molecular weight is 536 g/mol. The lowest BCUT2D eigenvalue weighted by atomic mass is 10.2. The van der Waals surface area contributed by atoms with Gasteiger partial charge in [0, 0.05) is 63.3 Å². The van der Waals surface area contributed by atoms with Crippen molar-refractivity contribution in [1.29, 1.82) is 0 Å². The molecule has 0 bridgehead atoms. The molecule has 2 aliphatic rings. The van der Waals surface area contributed by atoms with E-state index in [-0.39, 0.29) is 17.9 Å². The number of carbonyl (C=O) groups excluding carboxylic acids is 2. The van der Waals surface area contributed by atoms with E-state index in [9.17, 15) is 9.59 Å². The molecular formula is C29H37N5O5. The van der Waals surface area contributed by atoms with Crippen LogP contribution in [0.2, 0.25) is 0 Å². The van der Waals surface area contributed by atoms with Gasteiger partial charge in [0.1, 0.15) is 12.0 Å². The number of rotatable bonds is 10. The third kappa shape index (κ3) is 6.44. The van der Waals surface area contributed by atoms with Crippen molar-refractivity contribution in [3.63, 3.8) is 0 Å². The smallest absolute Gasteiger partial charge is 0.275 e. The van der Waals surface area contributed by atoms with Crippen LogP contribution in [0.25, 0.3) is 0 Å². The third-order valence-corrected chi connectivity index (χ3v) is 7.46. The molecule has 0 N–H and O–H groups in total. The van der Waals surface area contributed by atoms with E-state index in [0.29, 0.717) is 50.7 Å². The molecule has 39 heavy (non-hydrogen) atoms. The number of methoxy groups -OCH3 is 1. The lowest BCUT2D eigenvalue weighted by Crippen LogP contribution is -2.48. The summed E-state index contributed by atoms with van der Waals surface area (Å²) in [5, 5.41) is 0. The van der Waals surface area contributed by atoms with Crippen molar-refractivity contribution in [2.24, 2.45) is 0 Å². The summed E-state index contributed by atoms with van der Waals surface area (Å²) < 4.78 is 18.7. The number of carbonyl (C=O) groups is 2. The summed E-state index contributed by atoms with van der Waals surface area (Å²) in [4.78, 5) is 36.2. The number of nitrogens with zero attached hydrogens (tertiary/aromatic N) is 5. The molecule has 10 heteroatoms. The highest BCUT2D eigenvalue weighted by molar-refractivity contribution is 5.92. The van der Waals surface area contributed by atoms with Gasteiger partial charge >= 0.3 is 0 Å². The maximum absolute atomic E-state index is 13.1. The zero-order valence-electron chi connectivity index (χ0n) is 22.8. The molecule has 1 unspecified atom stereocenters. The number of hydrogen-bond donors (Lipinski definition) is 0. The molecule has 2 aromatic heterocycles. The van der Waals surface area contributed by atoms with Gasteiger partial charge in [0.05, 0.1) is 26.3 Å². The Labute approximate surface area is 229 Å². The average Bonchev–Trinajstić information content (AvgIpc) is 3.76. The zero-order valence-corrected chi connectivity index (χ0v) is 22.8. The summed E-state index contributed by atoms with van der Waals surface area (Å²) in [6.07, 6.45) is 5.97. The summed E-state index contributed by atoms with van der Waals surface area (Å²) in [5.41, 5.74) is 2.41. The molecule has 0 aliphatic carbocycles. The van der Waals surface area contributed by atoms with Crippen molar-refractivity contribution >= 4 is 17.5 Å². The van der Waals surface area contributed by atoms with Crippen LogP contribution in [0.1, 0.15) is 48.3 Å². The molecule has 0 radical (unpaired) electrons. The van der Waals surface area contributed by atoms with Crippen molar-refractivity contribution < 1.29 is 23.5 Å². The standard InChI is InChI=1S/C29H37N5O5/c1-3-28(35)34(19-25-7-5-17-38-25)18-23-6-4-12-33(23)20-27-30-26(21-39-27)29(36)32-15-13-31(14-16-32)22-8-10-24(37-2)11-9-22/h4,6,8-12,21,25H,3,5,7,13-20H2,1-2H3. The van der Waals surface area contributed by atoms with Crippen LogP contribution in [-0.2, 0) is 22.6 Å². The van der Waals surface area contributed by atoms with E-state index < -0.39 is 0 Å². The molecule has 0 saturated carbocycles. The van der Waals surface area contributed by atoms with Gasteiger partial charge < -0.3 is 33.2 Å². The van der Waals surface area contributed by atoms with Crippen molar-refractivity contribution in [2.75, 3.05) is 51.3 Å². The fourth-order valence-electron chi connectivity index (χ4n) is 5.21. The molecule has 0 spiro atoms. The minimum atomic E-state index is -0.122. The van der Waals surface area contributed by atoms with Crippen LogP contribution in [0.15, 0.2) is 53.3 Å². The van der Waals surface area contributed by atoms with Gasteiger partial charge in [-0.3, -0.25) is 9.59 Å². The van der Waals surface area contributed by atoms with E-state index >= 15 is 0 Å². The maximum Gasteiger partial charge on any atom is 0.275 e. The lowest BCUT2D eigenvalue weighted by molar-refractivity contribution is -0.133. The molecule has 3 aromatic rings. The van der Waals surface area contributed by atoms with Crippen LogP contribution in [0.5, 0.6) is 5.75 Å². The van der Waals surface area contributed by atoms with E-state index in [1.165, 1.54) is 6.26 Å². The summed E-state index contributed by atoms with van der Waals surface area (Å²) in [6, 6.07) is 11.9. The first-order valence-corrected chi connectivity index (χ1v) is 13.7. The molecule has 2 amide bonds.